The number of hydrogen-bond donors (Lipinski definition) is 1. The zero-order chi connectivity index (χ0) is 10.6. The lowest BCUT2D eigenvalue weighted by Gasteiger charge is -2.34. The molecule has 0 aromatic carbocycles. The van der Waals surface area contributed by atoms with Crippen molar-refractivity contribution in [3.63, 3.8) is 0 Å². The second kappa shape index (κ2) is 5.39. The molecule has 0 aromatic heterocycles. The molecule has 1 rings (SSSR count). The van der Waals surface area contributed by atoms with E-state index >= 15 is 0 Å². The molecule has 0 radical (unpaired) electrons. The van der Waals surface area contributed by atoms with Crippen molar-refractivity contribution >= 4 is 23.2 Å². The normalized spacial score (nSPS) is 23.9. The highest BCUT2D eigenvalue weighted by Gasteiger charge is 2.26. The molecule has 0 bridgehead atoms. The molecule has 1 aliphatic rings. The van der Waals surface area contributed by atoms with E-state index in [1.54, 1.807) is 0 Å². The minimum Gasteiger partial charge on any atom is -0.309 e. The van der Waals surface area contributed by atoms with E-state index in [1.807, 2.05) is 0 Å². The Morgan fingerprint density at radius 2 is 2.00 bits per heavy atom. The summed E-state index contributed by atoms with van der Waals surface area (Å²) in [6.07, 6.45) is 5.10. The lowest BCUT2D eigenvalue weighted by molar-refractivity contribution is 0.209. The van der Waals surface area contributed by atoms with Gasteiger partial charge in [-0.15, -0.1) is 0 Å². The Bertz CT molecular complexity index is 201. The van der Waals surface area contributed by atoms with Gasteiger partial charge in [0.2, 0.25) is 0 Å². The lowest BCUT2D eigenvalue weighted by Crippen LogP contribution is -2.36. The molecular formula is C11H19Cl2N. The van der Waals surface area contributed by atoms with Gasteiger partial charge in [0.15, 0.2) is 0 Å². The SMILES string of the molecule is CC1(C)CCC(NCC(Cl)=CCl)CC1. The molecule has 0 unspecified atom stereocenters. The van der Waals surface area contributed by atoms with Crippen LogP contribution in [-0.2, 0) is 0 Å². The average molecular weight is 236 g/mol. The van der Waals surface area contributed by atoms with Crippen molar-refractivity contribution in [2.24, 2.45) is 5.41 Å². The van der Waals surface area contributed by atoms with Crippen molar-refractivity contribution in [2.75, 3.05) is 6.54 Å². The van der Waals surface area contributed by atoms with E-state index in [-0.39, 0.29) is 0 Å². The molecule has 0 heterocycles. The largest absolute Gasteiger partial charge is 0.309 e. The summed E-state index contributed by atoms with van der Waals surface area (Å²) in [7, 11) is 0. The lowest BCUT2D eigenvalue weighted by atomic mass is 9.75. The molecule has 0 spiro atoms. The first-order valence-corrected chi connectivity index (χ1v) is 6.03. The quantitative estimate of drug-likeness (QED) is 0.784. The zero-order valence-electron chi connectivity index (χ0n) is 8.95. The third kappa shape index (κ3) is 4.20. The van der Waals surface area contributed by atoms with Crippen molar-refractivity contribution in [1.82, 2.24) is 5.32 Å². The standard InChI is InChI=1S/C11H19Cl2N/c1-11(2)5-3-10(4-6-11)14-8-9(13)7-12/h7,10,14H,3-6,8H2,1-2H3. The van der Waals surface area contributed by atoms with Crippen LogP contribution in [0.15, 0.2) is 10.6 Å². The van der Waals surface area contributed by atoms with Crippen LogP contribution in [-0.4, -0.2) is 12.6 Å². The molecule has 1 N–H and O–H groups in total. The molecule has 1 aliphatic carbocycles. The highest BCUT2D eigenvalue weighted by molar-refractivity contribution is 6.36. The predicted molar refractivity (Wildman–Crippen MR) is 63.8 cm³/mol. The van der Waals surface area contributed by atoms with E-state index in [0.717, 1.165) is 0 Å². The van der Waals surface area contributed by atoms with Crippen molar-refractivity contribution < 1.29 is 0 Å². The summed E-state index contributed by atoms with van der Waals surface area (Å²) in [5.41, 5.74) is 1.96. The fraction of sp³-hybridized carbons (Fsp3) is 0.818. The number of hydrogen-bond acceptors (Lipinski definition) is 1. The fourth-order valence-corrected chi connectivity index (χ4v) is 2.04. The van der Waals surface area contributed by atoms with Crippen LogP contribution in [0, 0.1) is 5.41 Å². The first-order chi connectivity index (χ1) is 6.53. The van der Waals surface area contributed by atoms with Crippen molar-refractivity contribution in [3.05, 3.63) is 10.6 Å². The molecule has 1 saturated carbocycles. The molecule has 0 saturated heterocycles. The van der Waals surface area contributed by atoms with Gasteiger partial charge in [0.05, 0.1) is 0 Å². The van der Waals surface area contributed by atoms with Gasteiger partial charge in [-0.05, 0) is 31.1 Å². The molecule has 0 aromatic rings. The van der Waals surface area contributed by atoms with Crippen LogP contribution in [0.25, 0.3) is 0 Å². The van der Waals surface area contributed by atoms with E-state index in [2.05, 4.69) is 19.2 Å². The van der Waals surface area contributed by atoms with E-state index in [0.29, 0.717) is 23.0 Å². The fourth-order valence-electron chi connectivity index (χ4n) is 1.88. The van der Waals surface area contributed by atoms with Crippen LogP contribution in [0.2, 0.25) is 0 Å². The van der Waals surface area contributed by atoms with Gasteiger partial charge >= 0.3 is 0 Å². The molecule has 0 aliphatic heterocycles. The number of halogens is 2. The summed E-state index contributed by atoms with van der Waals surface area (Å²) >= 11 is 11.3. The van der Waals surface area contributed by atoms with Gasteiger partial charge < -0.3 is 5.32 Å². The van der Waals surface area contributed by atoms with Crippen LogP contribution in [0.3, 0.4) is 0 Å². The highest BCUT2D eigenvalue weighted by atomic mass is 35.5. The van der Waals surface area contributed by atoms with Gasteiger partial charge in [0, 0.05) is 23.2 Å². The van der Waals surface area contributed by atoms with E-state index in [1.165, 1.54) is 31.2 Å². The molecule has 3 heteroatoms. The Morgan fingerprint density at radius 3 is 2.50 bits per heavy atom. The second-order valence-corrected chi connectivity index (χ2v) is 5.58. The maximum absolute atomic E-state index is 5.81. The smallest absolute Gasteiger partial charge is 0.0431 e. The first kappa shape index (κ1) is 12.4. The predicted octanol–water partition coefficient (Wildman–Crippen LogP) is 3.86. The Kier molecular flexibility index (Phi) is 4.75. The van der Waals surface area contributed by atoms with E-state index in [9.17, 15) is 0 Å². The maximum atomic E-state index is 5.81. The first-order valence-electron chi connectivity index (χ1n) is 5.22. The third-order valence-corrected chi connectivity index (χ3v) is 3.64. The van der Waals surface area contributed by atoms with Gasteiger partial charge in [-0.2, -0.15) is 0 Å². The highest BCUT2D eigenvalue weighted by Crippen LogP contribution is 2.34. The molecular weight excluding hydrogens is 217 g/mol. The maximum Gasteiger partial charge on any atom is 0.0431 e. The Labute approximate surface area is 96.8 Å². The van der Waals surface area contributed by atoms with Crippen molar-refractivity contribution in [1.29, 1.82) is 0 Å². The summed E-state index contributed by atoms with van der Waals surface area (Å²) in [4.78, 5) is 0. The molecule has 0 amide bonds. The number of nitrogens with one attached hydrogen (secondary N) is 1. The minimum atomic E-state index is 0.532. The van der Waals surface area contributed by atoms with Gasteiger partial charge in [-0.1, -0.05) is 37.0 Å². The van der Waals surface area contributed by atoms with Crippen LogP contribution in [0.4, 0.5) is 0 Å². The molecule has 82 valence electrons. The summed E-state index contributed by atoms with van der Waals surface area (Å²) in [6.45, 7) is 5.39. The summed E-state index contributed by atoms with van der Waals surface area (Å²) < 4.78 is 0. The topological polar surface area (TPSA) is 12.0 Å². The zero-order valence-corrected chi connectivity index (χ0v) is 10.5. The third-order valence-electron chi connectivity index (χ3n) is 3.02. The molecule has 1 fully saturated rings. The van der Waals surface area contributed by atoms with Gasteiger partial charge in [0.25, 0.3) is 0 Å². The molecule has 1 nitrogen and oxygen atoms in total. The Hall–Kier alpha value is 0.280. The van der Waals surface area contributed by atoms with E-state index < -0.39 is 0 Å². The van der Waals surface area contributed by atoms with Crippen LogP contribution < -0.4 is 5.32 Å². The van der Waals surface area contributed by atoms with Crippen LogP contribution in [0.1, 0.15) is 39.5 Å². The minimum absolute atomic E-state index is 0.532. The Morgan fingerprint density at radius 1 is 1.43 bits per heavy atom. The monoisotopic (exact) mass is 235 g/mol. The summed E-state index contributed by atoms with van der Waals surface area (Å²) in [5, 5.41) is 4.12. The van der Waals surface area contributed by atoms with Gasteiger partial charge in [0.1, 0.15) is 0 Å². The molecule has 0 atom stereocenters. The number of rotatable bonds is 3. The van der Waals surface area contributed by atoms with Gasteiger partial charge in [-0.3, -0.25) is 0 Å². The average Bonchev–Trinajstić information content (AvgIpc) is 2.16. The van der Waals surface area contributed by atoms with Crippen LogP contribution in [0.5, 0.6) is 0 Å². The van der Waals surface area contributed by atoms with Crippen LogP contribution >= 0.6 is 23.2 Å². The van der Waals surface area contributed by atoms with Gasteiger partial charge in [-0.25, -0.2) is 0 Å². The van der Waals surface area contributed by atoms with E-state index in [4.69, 9.17) is 23.2 Å². The Balaban J connectivity index is 2.23. The summed E-state index contributed by atoms with van der Waals surface area (Å²) in [5.74, 6) is 0. The molecule has 14 heavy (non-hydrogen) atoms. The van der Waals surface area contributed by atoms with Crippen molar-refractivity contribution in [2.45, 2.75) is 45.6 Å². The van der Waals surface area contributed by atoms with Crippen molar-refractivity contribution in [3.8, 4) is 0 Å². The second-order valence-electron chi connectivity index (χ2n) is 4.88. The summed E-state index contributed by atoms with van der Waals surface area (Å²) in [6, 6.07) is 0.619.